The van der Waals surface area contributed by atoms with Crippen LogP contribution >= 0.6 is 0 Å². The standard InChI is InChI=1S/C20H32N4O12/c1-3-4-13(27)21-19(20(33)34)22-14(28)5-6-24(16(36-12-26)10-18(31)32)8-7-23(2)15(35-11-25)9-17(29)30/h11-12,15-16,19H,3-10H2,1-2H3,(H,21,27)(H,22,28)(H,29,30)(H,31,32)(H,33,34)/t15-,16-,19?/m0/s1. The minimum atomic E-state index is -1.69. The Morgan fingerprint density at radius 2 is 1.31 bits per heavy atom. The fourth-order valence-electron chi connectivity index (χ4n) is 2.93. The number of carboxylic acid groups (broad SMARTS) is 3. The van der Waals surface area contributed by atoms with Crippen LogP contribution in [0, 0.1) is 0 Å². The molecule has 0 bridgehead atoms. The van der Waals surface area contributed by atoms with Gasteiger partial charge in [0.15, 0.2) is 12.5 Å². The van der Waals surface area contributed by atoms with Gasteiger partial charge < -0.3 is 35.4 Å². The number of hydrogen-bond acceptors (Lipinski definition) is 11. The third-order valence-corrected chi connectivity index (χ3v) is 4.72. The second-order valence-electron chi connectivity index (χ2n) is 7.49. The van der Waals surface area contributed by atoms with E-state index < -0.39 is 61.2 Å². The number of nitrogens with one attached hydrogen (secondary N) is 2. The molecule has 36 heavy (non-hydrogen) atoms. The van der Waals surface area contributed by atoms with Crippen LogP contribution in [-0.4, -0.2) is 113 Å². The zero-order valence-electron chi connectivity index (χ0n) is 20.0. The number of carbonyl (C=O) groups is 7. The second kappa shape index (κ2) is 17.6. The van der Waals surface area contributed by atoms with E-state index in [9.17, 15) is 38.7 Å². The van der Waals surface area contributed by atoms with Gasteiger partial charge in [-0.25, -0.2) is 4.79 Å². The quantitative estimate of drug-likeness (QED) is 0.0814. The summed E-state index contributed by atoms with van der Waals surface area (Å²) in [6.07, 6.45) is -5.20. The molecule has 3 atom stereocenters. The van der Waals surface area contributed by atoms with Crippen LogP contribution in [-0.2, 0) is 43.0 Å². The normalized spacial score (nSPS) is 13.2. The van der Waals surface area contributed by atoms with Gasteiger partial charge in [0.2, 0.25) is 18.0 Å². The van der Waals surface area contributed by atoms with Crippen LogP contribution in [0.25, 0.3) is 0 Å². The molecule has 0 fully saturated rings. The minimum absolute atomic E-state index is 0.00340. The third kappa shape index (κ3) is 13.8. The molecule has 0 saturated heterocycles. The molecule has 0 aromatic rings. The molecule has 0 aromatic carbocycles. The van der Waals surface area contributed by atoms with E-state index in [1.807, 2.05) is 0 Å². The number of rotatable bonds is 21. The lowest BCUT2D eigenvalue weighted by molar-refractivity contribution is -0.157. The number of amides is 2. The van der Waals surface area contributed by atoms with Gasteiger partial charge in [-0.3, -0.25) is 38.6 Å². The number of carbonyl (C=O) groups excluding carboxylic acids is 4. The summed E-state index contributed by atoms with van der Waals surface area (Å²) >= 11 is 0. The molecule has 0 rings (SSSR count). The Bertz CT molecular complexity index is 778. The van der Waals surface area contributed by atoms with Crippen LogP contribution < -0.4 is 10.6 Å². The second-order valence-corrected chi connectivity index (χ2v) is 7.49. The molecule has 0 saturated carbocycles. The van der Waals surface area contributed by atoms with Gasteiger partial charge in [-0.05, 0) is 13.5 Å². The summed E-state index contributed by atoms with van der Waals surface area (Å²) < 4.78 is 9.58. The Hall–Kier alpha value is -3.79. The predicted molar refractivity (Wildman–Crippen MR) is 118 cm³/mol. The summed E-state index contributed by atoms with van der Waals surface area (Å²) in [6.45, 7) is 1.53. The number of nitrogens with zero attached hydrogens (tertiary/aromatic N) is 2. The average Bonchev–Trinajstić information content (AvgIpc) is 2.77. The molecule has 204 valence electrons. The zero-order valence-corrected chi connectivity index (χ0v) is 20.0. The maximum absolute atomic E-state index is 12.3. The molecule has 0 aromatic heterocycles. The van der Waals surface area contributed by atoms with Crippen molar-refractivity contribution in [3.8, 4) is 0 Å². The van der Waals surface area contributed by atoms with Crippen molar-refractivity contribution >= 4 is 42.7 Å². The molecule has 0 heterocycles. The molecule has 1 unspecified atom stereocenters. The number of hydrogen-bond donors (Lipinski definition) is 5. The maximum Gasteiger partial charge on any atom is 0.347 e. The lowest BCUT2D eigenvalue weighted by atomic mass is 10.2. The van der Waals surface area contributed by atoms with Gasteiger partial charge >= 0.3 is 17.9 Å². The van der Waals surface area contributed by atoms with Crippen LogP contribution in [0.5, 0.6) is 0 Å². The van der Waals surface area contributed by atoms with E-state index in [-0.39, 0.29) is 45.4 Å². The molecule has 0 aliphatic carbocycles. The largest absolute Gasteiger partial charge is 0.481 e. The van der Waals surface area contributed by atoms with E-state index >= 15 is 0 Å². The highest BCUT2D eigenvalue weighted by Crippen LogP contribution is 2.10. The first-order valence-electron chi connectivity index (χ1n) is 10.8. The van der Waals surface area contributed by atoms with Gasteiger partial charge in [0, 0.05) is 32.5 Å². The molecule has 0 aliphatic heterocycles. The summed E-state index contributed by atoms with van der Waals surface area (Å²) in [6, 6.07) is 0. The smallest absolute Gasteiger partial charge is 0.347 e. The molecule has 5 N–H and O–H groups in total. The van der Waals surface area contributed by atoms with Crippen LogP contribution in [0.2, 0.25) is 0 Å². The summed E-state index contributed by atoms with van der Waals surface area (Å²) in [7, 11) is 1.44. The van der Waals surface area contributed by atoms with Gasteiger partial charge in [-0.1, -0.05) is 6.92 Å². The van der Waals surface area contributed by atoms with Crippen molar-refractivity contribution in [3.05, 3.63) is 0 Å². The number of likely N-dealkylation sites (N-methyl/N-ethyl adjacent to an activating group) is 1. The molecule has 2 amide bonds. The summed E-state index contributed by atoms with van der Waals surface area (Å²) in [5.41, 5.74) is 0. The van der Waals surface area contributed by atoms with Crippen molar-refractivity contribution in [2.24, 2.45) is 0 Å². The van der Waals surface area contributed by atoms with Gasteiger partial charge in [0.25, 0.3) is 12.9 Å². The molecule has 0 aliphatic rings. The molecule has 0 radical (unpaired) electrons. The van der Waals surface area contributed by atoms with Crippen molar-refractivity contribution < 1.29 is 58.4 Å². The van der Waals surface area contributed by atoms with Crippen molar-refractivity contribution in [3.63, 3.8) is 0 Å². The molecule has 0 spiro atoms. The summed E-state index contributed by atoms with van der Waals surface area (Å²) in [5.74, 6) is -5.44. The number of carboxylic acids is 3. The topological polar surface area (TPSA) is 229 Å². The fraction of sp³-hybridized carbons (Fsp3) is 0.650. The first-order valence-corrected chi connectivity index (χ1v) is 10.8. The van der Waals surface area contributed by atoms with Crippen LogP contribution in [0.4, 0.5) is 0 Å². The first kappa shape index (κ1) is 32.2. The Morgan fingerprint density at radius 3 is 1.78 bits per heavy atom. The third-order valence-electron chi connectivity index (χ3n) is 4.72. The van der Waals surface area contributed by atoms with Gasteiger partial charge in [-0.2, -0.15) is 0 Å². The molecular formula is C20H32N4O12. The van der Waals surface area contributed by atoms with Crippen molar-refractivity contribution in [2.45, 2.75) is 57.6 Å². The highest BCUT2D eigenvalue weighted by molar-refractivity contribution is 5.87. The predicted octanol–water partition coefficient (Wildman–Crippen LogP) is -2.00. The zero-order chi connectivity index (χ0) is 27.7. The van der Waals surface area contributed by atoms with Crippen LogP contribution in [0.1, 0.15) is 39.0 Å². The monoisotopic (exact) mass is 520 g/mol. The molecule has 16 nitrogen and oxygen atoms in total. The molecule has 16 heteroatoms. The van der Waals surface area contributed by atoms with Gasteiger partial charge in [-0.15, -0.1) is 0 Å². The molecular weight excluding hydrogens is 488 g/mol. The Labute approximate surface area is 206 Å². The fourth-order valence-corrected chi connectivity index (χ4v) is 2.93. The summed E-state index contributed by atoms with van der Waals surface area (Å²) in [4.78, 5) is 81.8. The Morgan fingerprint density at radius 1 is 0.806 bits per heavy atom. The van der Waals surface area contributed by atoms with Crippen molar-refractivity contribution in [1.29, 1.82) is 0 Å². The average molecular weight is 520 g/mol. The van der Waals surface area contributed by atoms with E-state index in [1.54, 1.807) is 6.92 Å². The van der Waals surface area contributed by atoms with E-state index in [0.717, 1.165) is 0 Å². The number of ether oxygens (including phenoxy) is 2. The minimum Gasteiger partial charge on any atom is -0.481 e. The highest BCUT2D eigenvalue weighted by Gasteiger charge is 2.27. The Kier molecular flexibility index (Phi) is 15.8. The lowest BCUT2D eigenvalue weighted by Crippen LogP contribution is -2.53. The SMILES string of the molecule is CCCC(=O)NC(NC(=O)CCN(CCN(C)[C@H](CC(=O)O)OC=O)[C@H](CC(=O)O)OC=O)C(=O)O. The Balaban J connectivity index is 5.39. The van der Waals surface area contributed by atoms with Crippen molar-refractivity contribution in [2.75, 3.05) is 26.7 Å². The van der Waals surface area contributed by atoms with Crippen molar-refractivity contribution in [1.82, 2.24) is 20.4 Å². The highest BCUT2D eigenvalue weighted by atomic mass is 16.5. The van der Waals surface area contributed by atoms with E-state index in [0.29, 0.717) is 6.42 Å². The number of aliphatic carboxylic acids is 3. The maximum atomic E-state index is 12.3. The van der Waals surface area contributed by atoms with Gasteiger partial charge in [0.1, 0.15) is 0 Å². The summed E-state index contributed by atoms with van der Waals surface area (Å²) in [5, 5.41) is 31.6. The van der Waals surface area contributed by atoms with E-state index in [1.165, 1.54) is 16.8 Å². The van der Waals surface area contributed by atoms with E-state index in [2.05, 4.69) is 10.6 Å². The first-order chi connectivity index (χ1) is 16.9. The van der Waals surface area contributed by atoms with Gasteiger partial charge in [0.05, 0.1) is 12.8 Å². The van der Waals surface area contributed by atoms with Crippen LogP contribution in [0.3, 0.4) is 0 Å². The lowest BCUT2D eigenvalue weighted by Gasteiger charge is -2.32. The van der Waals surface area contributed by atoms with E-state index in [4.69, 9.17) is 19.7 Å². The van der Waals surface area contributed by atoms with Crippen LogP contribution in [0.15, 0.2) is 0 Å².